The normalized spacial score (nSPS) is 9.86. The maximum atomic E-state index is 12.0. The Bertz CT molecular complexity index is 728. The largest absolute Gasteiger partial charge is 0.322 e. The van der Waals surface area contributed by atoms with E-state index in [2.05, 4.69) is 5.32 Å². The van der Waals surface area contributed by atoms with Crippen LogP contribution in [0.2, 0.25) is 0 Å². The molecule has 0 saturated heterocycles. The van der Waals surface area contributed by atoms with Gasteiger partial charge in [0.15, 0.2) is 0 Å². The van der Waals surface area contributed by atoms with Crippen LogP contribution in [0.5, 0.6) is 0 Å². The summed E-state index contributed by atoms with van der Waals surface area (Å²) in [5.74, 6) is 4.08. The fourth-order valence-electron chi connectivity index (χ4n) is 1.75. The zero-order chi connectivity index (χ0) is 16.1. The average molecular weight is 300 g/mol. The topological polar surface area (TPSA) is 127 Å². The molecule has 4 N–H and O–H groups in total. The fraction of sp³-hybridized carbons (Fsp3) is 0. The third-order valence-corrected chi connectivity index (χ3v) is 2.86. The van der Waals surface area contributed by atoms with Crippen molar-refractivity contribution >= 4 is 23.2 Å². The number of hydrogen-bond acceptors (Lipinski definition) is 5. The molecular formula is C14H12N4O4. The molecule has 0 fully saturated rings. The minimum atomic E-state index is -0.572. The van der Waals surface area contributed by atoms with Gasteiger partial charge in [-0.3, -0.25) is 25.1 Å². The van der Waals surface area contributed by atoms with Crippen LogP contribution in [0.15, 0.2) is 48.5 Å². The number of rotatable bonds is 4. The molecular weight excluding hydrogens is 288 g/mol. The zero-order valence-corrected chi connectivity index (χ0v) is 11.3. The fourth-order valence-corrected chi connectivity index (χ4v) is 1.75. The zero-order valence-electron chi connectivity index (χ0n) is 11.3. The van der Waals surface area contributed by atoms with E-state index in [1.807, 2.05) is 5.43 Å². The van der Waals surface area contributed by atoms with Gasteiger partial charge in [-0.05, 0) is 30.3 Å². The molecule has 2 amide bonds. The van der Waals surface area contributed by atoms with Crippen LogP contribution < -0.4 is 16.6 Å². The van der Waals surface area contributed by atoms with E-state index in [-0.39, 0.29) is 11.3 Å². The number of nitrogens with zero attached hydrogens (tertiary/aromatic N) is 1. The molecule has 0 bridgehead atoms. The van der Waals surface area contributed by atoms with Gasteiger partial charge >= 0.3 is 0 Å². The van der Waals surface area contributed by atoms with E-state index in [1.54, 1.807) is 0 Å². The van der Waals surface area contributed by atoms with Crippen molar-refractivity contribution in [1.82, 2.24) is 5.43 Å². The first kappa shape index (κ1) is 15.1. The van der Waals surface area contributed by atoms with E-state index in [1.165, 1.54) is 48.5 Å². The summed E-state index contributed by atoms with van der Waals surface area (Å²) >= 11 is 0. The molecule has 22 heavy (non-hydrogen) atoms. The maximum Gasteiger partial charge on any atom is 0.270 e. The summed E-state index contributed by atoms with van der Waals surface area (Å²) in [6.45, 7) is 0. The van der Waals surface area contributed by atoms with E-state index in [9.17, 15) is 19.7 Å². The van der Waals surface area contributed by atoms with Crippen LogP contribution in [-0.4, -0.2) is 16.7 Å². The summed E-state index contributed by atoms with van der Waals surface area (Å²) in [7, 11) is 0. The molecule has 0 radical (unpaired) electrons. The molecule has 0 atom stereocenters. The van der Waals surface area contributed by atoms with Crippen molar-refractivity contribution in [3.05, 3.63) is 69.8 Å². The van der Waals surface area contributed by atoms with Gasteiger partial charge in [0.2, 0.25) is 0 Å². The number of nitrogens with two attached hydrogens (primary N) is 1. The average Bonchev–Trinajstić information content (AvgIpc) is 2.54. The highest BCUT2D eigenvalue weighted by Gasteiger charge is 2.12. The van der Waals surface area contributed by atoms with Gasteiger partial charge in [0.05, 0.1) is 4.92 Å². The third kappa shape index (κ3) is 3.44. The summed E-state index contributed by atoms with van der Waals surface area (Å²) in [6, 6.07) is 11.4. The molecule has 0 aliphatic heterocycles. The molecule has 0 aliphatic rings. The number of amides is 2. The van der Waals surface area contributed by atoms with Crippen LogP contribution in [0, 0.1) is 10.1 Å². The summed E-state index contributed by atoms with van der Waals surface area (Å²) in [6.07, 6.45) is 0. The van der Waals surface area contributed by atoms with Gasteiger partial charge in [-0.1, -0.05) is 6.07 Å². The Kier molecular flexibility index (Phi) is 4.44. The molecule has 0 unspecified atom stereocenters. The minimum Gasteiger partial charge on any atom is -0.322 e. The molecule has 8 nitrogen and oxygen atoms in total. The van der Waals surface area contributed by atoms with Gasteiger partial charge in [-0.2, -0.15) is 0 Å². The highest BCUT2D eigenvalue weighted by atomic mass is 16.6. The molecule has 0 saturated carbocycles. The van der Waals surface area contributed by atoms with Crippen molar-refractivity contribution in [1.29, 1.82) is 0 Å². The van der Waals surface area contributed by atoms with Gasteiger partial charge in [0, 0.05) is 28.9 Å². The van der Waals surface area contributed by atoms with Crippen LogP contribution in [0.25, 0.3) is 0 Å². The first-order valence-corrected chi connectivity index (χ1v) is 6.18. The van der Waals surface area contributed by atoms with Crippen molar-refractivity contribution in [2.45, 2.75) is 0 Å². The quantitative estimate of drug-likeness (QED) is 0.341. The SMILES string of the molecule is NNC(=O)c1ccc(NC(=O)c2cccc([N+](=O)[O-])c2)cc1. The van der Waals surface area contributed by atoms with Crippen LogP contribution in [0.1, 0.15) is 20.7 Å². The lowest BCUT2D eigenvalue weighted by Gasteiger charge is -2.06. The van der Waals surface area contributed by atoms with Gasteiger partial charge < -0.3 is 5.32 Å². The molecule has 112 valence electrons. The molecule has 0 spiro atoms. The summed E-state index contributed by atoms with van der Waals surface area (Å²) in [5.41, 5.74) is 2.79. The second-order valence-electron chi connectivity index (χ2n) is 4.31. The van der Waals surface area contributed by atoms with Crippen molar-refractivity contribution in [2.24, 2.45) is 5.84 Å². The van der Waals surface area contributed by atoms with Crippen molar-refractivity contribution < 1.29 is 14.5 Å². The van der Waals surface area contributed by atoms with Crippen molar-refractivity contribution in [2.75, 3.05) is 5.32 Å². The number of non-ortho nitro benzene ring substituents is 1. The first-order chi connectivity index (χ1) is 10.5. The Labute approximate surface area is 125 Å². The van der Waals surface area contributed by atoms with Crippen LogP contribution in [0.4, 0.5) is 11.4 Å². The highest BCUT2D eigenvalue weighted by molar-refractivity contribution is 6.05. The number of anilines is 1. The molecule has 0 heterocycles. The predicted octanol–water partition coefficient (Wildman–Crippen LogP) is 1.45. The Hall–Kier alpha value is -3.26. The Balaban J connectivity index is 2.13. The number of nitro groups is 1. The van der Waals surface area contributed by atoms with Crippen molar-refractivity contribution in [3.63, 3.8) is 0 Å². The van der Waals surface area contributed by atoms with E-state index < -0.39 is 16.7 Å². The first-order valence-electron chi connectivity index (χ1n) is 6.18. The lowest BCUT2D eigenvalue weighted by molar-refractivity contribution is -0.384. The van der Waals surface area contributed by atoms with E-state index in [0.717, 1.165) is 0 Å². The molecule has 0 aromatic heterocycles. The third-order valence-electron chi connectivity index (χ3n) is 2.86. The number of nitrogen functional groups attached to an aromatic ring is 1. The molecule has 2 rings (SSSR count). The highest BCUT2D eigenvalue weighted by Crippen LogP contribution is 2.15. The Morgan fingerprint density at radius 2 is 1.68 bits per heavy atom. The predicted molar refractivity (Wildman–Crippen MR) is 79.1 cm³/mol. The summed E-state index contributed by atoms with van der Waals surface area (Å²) < 4.78 is 0. The Morgan fingerprint density at radius 1 is 1.00 bits per heavy atom. The second-order valence-corrected chi connectivity index (χ2v) is 4.31. The Morgan fingerprint density at radius 3 is 2.27 bits per heavy atom. The van der Waals surface area contributed by atoms with E-state index in [4.69, 9.17) is 5.84 Å². The van der Waals surface area contributed by atoms with Gasteiger partial charge in [-0.15, -0.1) is 0 Å². The monoisotopic (exact) mass is 300 g/mol. The van der Waals surface area contributed by atoms with Crippen molar-refractivity contribution in [3.8, 4) is 0 Å². The number of nitrogens with one attached hydrogen (secondary N) is 2. The smallest absolute Gasteiger partial charge is 0.270 e. The van der Waals surface area contributed by atoms with Gasteiger partial charge in [-0.25, -0.2) is 5.84 Å². The second kappa shape index (κ2) is 6.46. The molecule has 2 aromatic rings. The van der Waals surface area contributed by atoms with Crippen LogP contribution in [-0.2, 0) is 0 Å². The molecule has 2 aromatic carbocycles. The lowest BCUT2D eigenvalue weighted by atomic mass is 10.1. The molecule has 8 heteroatoms. The van der Waals surface area contributed by atoms with Crippen LogP contribution >= 0.6 is 0 Å². The number of carbonyl (C=O) groups excluding carboxylic acids is 2. The number of nitro benzene ring substituents is 1. The number of hydrazine groups is 1. The number of carbonyl (C=O) groups is 2. The number of benzene rings is 2. The maximum absolute atomic E-state index is 12.0. The van der Waals surface area contributed by atoms with Crippen LogP contribution in [0.3, 0.4) is 0 Å². The standard InChI is InChI=1S/C14H12N4O4/c15-17-14(20)9-4-6-11(7-5-9)16-13(19)10-2-1-3-12(8-10)18(21)22/h1-8H,15H2,(H,16,19)(H,17,20). The van der Waals surface area contributed by atoms with E-state index >= 15 is 0 Å². The van der Waals surface area contributed by atoms with Gasteiger partial charge in [0.25, 0.3) is 17.5 Å². The lowest BCUT2D eigenvalue weighted by Crippen LogP contribution is -2.29. The summed E-state index contributed by atoms with van der Waals surface area (Å²) in [5, 5.41) is 13.3. The summed E-state index contributed by atoms with van der Waals surface area (Å²) in [4.78, 5) is 33.4. The number of hydrogen-bond donors (Lipinski definition) is 3. The van der Waals surface area contributed by atoms with E-state index in [0.29, 0.717) is 11.3 Å². The van der Waals surface area contributed by atoms with Gasteiger partial charge in [0.1, 0.15) is 0 Å². The molecule has 0 aliphatic carbocycles. The minimum absolute atomic E-state index is 0.164.